The second kappa shape index (κ2) is 8.97. The highest BCUT2D eigenvalue weighted by Gasteiger charge is 2.35. The maximum atomic E-state index is 13.9. The molecule has 0 amide bonds. The number of halogens is 4. The van der Waals surface area contributed by atoms with E-state index < -0.39 is 23.6 Å². The summed E-state index contributed by atoms with van der Waals surface area (Å²) >= 11 is 0. The molecule has 2 aromatic carbocycles. The van der Waals surface area contributed by atoms with E-state index in [4.69, 9.17) is 5.73 Å². The molecule has 0 unspecified atom stereocenters. The highest BCUT2D eigenvalue weighted by Crippen LogP contribution is 2.37. The van der Waals surface area contributed by atoms with E-state index in [1.54, 1.807) is 0 Å². The predicted octanol–water partition coefficient (Wildman–Crippen LogP) is 5.05. The molecule has 3 N–H and O–H groups in total. The van der Waals surface area contributed by atoms with Gasteiger partial charge in [-0.2, -0.15) is 18.4 Å². The monoisotopic (exact) mass is 469 g/mol. The van der Waals surface area contributed by atoms with Gasteiger partial charge in [-0.25, -0.2) is 19.3 Å². The predicted molar refractivity (Wildman–Crippen MR) is 118 cm³/mol. The molecule has 0 saturated carbocycles. The van der Waals surface area contributed by atoms with Crippen LogP contribution < -0.4 is 11.1 Å². The SMILES string of the molecule is CC[C@H](Nc1ncnc(N)c1C#N)c1nc2cccc(C(F)(F)F)c2n1Cc1ccc(F)cc1. The number of anilines is 2. The van der Waals surface area contributed by atoms with Gasteiger partial charge in [-0.1, -0.05) is 25.1 Å². The number of nitrogens with one attached hydrogen (secondary N) is 1. The summed E-state index contributed by atoms with van der Waals surface area (Å²) < 4.78 is 56.6. The van der Waals surface area contributed by atoms with E-state index in [-0.39, 0.29) is 34.8 Å². The molecule has 4 aromatic rings. The highest BCUT2D eigenvalue weighted by molar-refractivity contribution is 5.81. The van der Waals surface area contributed by atoms with Crippen molar-refractivity contribution in [2.24, 2.45) is 0 Å². The van der Waals surface area contributed by atoms with Crippen LogP contribution in [0.5, 0.6) is 0 Å². The van der Waals surface area contributed by atoms with Crippen molar-refractivity contribution in [2.45, 2.75) is 32.1 Å². The Kier molecular flexibility index (Phi) is 6.06. The first kappa shape index (κ1) is 23.0. The Bertz CT molecular complexity index is 1370. The summed E-state index contributed by atoms with van der Waals surface area (Å²) in [4.78, 5) is 12.4. The Morgan fingerprint density at radius 3 is 2.53 bits per heavy atom. The lowest BCUT2D eigenvalue weighted by Gasteiger charge is -2.21. The molecule has 0 radical (unpaired) electrons. The van der Waals surface area contributed by atoms with E-state index in [1.165, 1.54) is 47.3 Å². The van der Waals surface area contributed by atoms with Crippen LogP contribution in [0.2, 0.25) is 0 Å². The summed E-state index contributed by atoms with van der Waals surface area (Å²) in [6.45, 7) is 1.84. The fourth-order valence-corrected chi connectivity index (χ4v) is 3.76. The Hall–Kier alpha value is -4.20. The molecule has 0 saturated heterocycles. The standard InChI is InChI=1S/C23H19F4N7/c1-2-17(32-21-15(10-28)20(29)30-12-31-21)22-33-18-5-3-4-16(23(25,26)27)19(18)34(22)11-13-6-8-14(24)9-7-13/h3-9,12,17H,2,11H2,1H3,(H3,29,30,31,32)/t17-/m0/s1. The number of fused-ring (bicyclic) bond motifs is 1. The maximum Gasteiger partial charge on any atom is 0.418 e. The van der Waals surface area contributed by atoms with Gasteiger partial charge in [0.1, 0.15) is 41.2 Å². The summed E-state index contributed by atoms with van der Waals surface area (Å²) in [6, 6.07) is 10.6. The van der Waals surface area contributed by atoms with Gasteiger partial charge in [0.05, 0.1) is 22.6 Å². The van der Waals surface area contributed by atoms with Crippen LogP contribution in [-0.2, 0) is 12.7 Å². The van der Waals surface area contributed by atoms with Crippen molar-refractivity contribution in [3.05, 3.63) is 77.1 Å². The van der Waals surface area contributed by atoms with Crippen molar-refractivity contribution in [2.75, 3.05) is 11.1 Å². The zero-order valence-electron chi connectivity index (χ0n) is 17.9. The van der Waals surface area contributed by atoms with Gasteiger partial charge in [0.25, 0.3) is 0 Å². The average molecular weight is 469 g/mol. The van der Waals surface area contributed by atoms with E-state index in [0.717, 1.165) is 6.07 Å². The van der Waals surface area contributed by atoms with Gasteiger partial charge in [0.15, 0.2) is 0 Å². The number of nitrogens with zero attached hydrogens (tertiary/aromatic N) is 5. The van der Waals surface area contributed by atoms with Crippen molar-refractivity contribution in [3.63, 3.8) is 0 Å². The minimum atomic E-state index is -4.61. The largest absolute Gasteiger partial charge is 0.418 e. The number of nitriles is 1. The number of hydrogen-bond donors (Lipinski definition) is 2. The minimum Gasteiger partial charge on any atom is -0.382 e. The number of alkyl halides is 3. The summed E-state index contributed by atoms with van der Waals surface area (Å²) in [5, 5.41) is 12.5. The fraction of sp³-hybridized carbons (Fsp3) is 0.217. The number of hydrogen-bond acceptors (Lipinski definition) is 6. The highest BCUT2D eigenvalue weighted by atomic mass is 19.4. The number of imidazole rings is 1. The van der Waals surface area contributed by atoms with Crippen LogP contribution in [0.25, 0.3) is 11.0 Å². The lowest BCUT2D eigenvalue weighted by molar-refractivity contribution is -0.136. The van der Waals surface area contributed by atoms with Crippen LogP contribution in [0.1, 0.15) is 41.9 Å². The number of nitrogen functional groups attached to an aromatic ring is 1. The quantitative estimate of drug-likeness (QED) is 0.383. The van der Waals surface area contributed by atoms with Crippen molar-refractivity contribution in [3.8, 4) is 6.07 Å². The first-order valence-corrected chi connectivity index (χ1v) is 10.3. The van der Waals surface area contributed by atoms with Crippen LogP contribution in [-0.4, -0.2) is 19.5 Å². The van der Waals surface area contributed by atoms with Crippen molar-refractivity contribution >= 4 is 22.7 Å². The van der Waals surface area contributed by atoms with E-state index in [9.17, 15) is 22.8 Å². The molecule has 4 rings (SSSR count). The van der Waals surface area contributed by atoms with Gasteiger partial charge >= 0.3 is 6.18 Å². The molecular weight excluding hydrogens is 450 g/mol. The maximum absolute atomic E-state index is 13.9. The molecule has 1 atom stereocenters. The van der Waals surface area contributed by atoms with Gasteiger partial charge in [0, 0.05) is 6.54 Å². The smallest absolute Gasteiger partial charge is 0.382 e. The third kappa shape index (κ3) is 4.34. The molecular formula is C23H19F4N7. The van der Waals surface area contributed by atoms with Crippen LogP contribution >= 0.6 is 0 Å². The zero-order chi connectivity index (χ0) is 24.5. The van der Waals surface area contributed by atoms with Gasteiger partial charge in [-0.15, -0.1) is 0 Å². The normalized spacial score (nSPS) is 12.5. The van der Waals surface area contributed by atoms with Crippen molar-refractivity contribution in [1.29, 1.82) is 5.26 Å². The molecule has 0 spiro atoms. The van der Waals surface area contributed by atoms with Crippen LogP contribution in [0.3, 0.4) is 0 Å². The van der Waals surface area contributed by atoms with Crippen LogP contribution in [0, 0.1) is 17.1 Å². The Balaban J connectivity index is 1.89. The summed E-state index contributed by atoms with van der Waals surface area (Å²) in [7, 11) is 0. The van der Waals surface area contributed by atoms with Gasteiger partial charge < -0.3 is 15.6 Å². The first-order chi connectivity index (χ1) is 16.2. The van der Waals surface area contributed by atoms with Crippen molar-refractivity contribution in [1.82, 2.24) is 19.5 Å². The van der Waals surface area contributed by atoms with E-state index in [2.05, 4.69) is 20.3 Å². The van der Waals surface area contributed by atoms with E-state index >= 15 is 0 Å². The van der Waals surface area contributed by atoms with Gasteiger partial charge in [-0.3, -0.25) is 0 Å². The molecule has 0 bridgehead atoms. The topological polar surface area (TPSA) is 105 Å². The third-order valence-corrected chi connectivity index (χ3v) is 5.37. The number of benzene rings is 2. The molecule has 0 fully saturated rings. The molecule has 0 aliphatic rings. The molecule has 34 heavy (non-hydrogen) atoms. The second-order valence-electron chi connectivity index (χ2n) is 7.55. The van der Waals surface area contributed by atoms with E-state index in [0.29, 0.717) is 17.8 Å². The second-order valence-corrected chi connectivity index (χ2v) is 7.55. The lowest BCUT2D eigenvalue weighted by atomic mass is 10.1. The summed E-state index contributed by atoms with van der Waals surface area (Å²) in [5.41, 5.74) is 5.64. The molecule has 11 heteroatoms. The molecule has 0 aliphatic carbocycles. The summed E-state index contributed by atoms with van der Waals surface area (Å²) in [5.74, 6) is -0.0131. The third-order valence-electron chi connectivity index (χ3n) is 5.37. The van der Waals surface area contributed by atoms with E-state index in [1.807, 2.05) is 13.0 Å². The molecule has 174 valence electrons. The number of aromatic nitrogens is 4. The average Bonchev–Trinajstić information content (AvgIpc) is 3.16. The number of nitrogens with two attached hydrogens (primary N) is 1. The number of rotatable bonds is 6. The Morgan fingerprint density at radius 1 is 1.15 bits per heavy atom. The van der Waals surface area contributed by atoms with Gasteiger partial charge in [-0.05, 0) is 36.2 Å². The molecule has 0 aliphatic heterocycles. The molecule has 7 nitrogen and oxygen atoms in total. The molecule has 2 aromatic heterocycles. The van der Waals surface area contributed by atoms with Crippen LogP contribution in [0.4, 0.5) is 29.2 Å². The Morgan fingerprint density at radius 2 is 1.88 bits per heavy atom. The fourth-order valence-electron chi connectivity index (χ4n) is 3.76. The van der Waals surface area contributed by atoms with Crippen LogP contribution in [0.15, 0.2) is 48.8 Å². The first-order valence-electron chi connectivity index (χ1n) is 10.3. The number of para-hydroxylation sites is 1. The van der Waals surface area contributed by atoms with Gasteiger partial charge in [0.2, 0.25) is 0 Å². The Labute approximate surface area is 191 Å². The minimum absolute atomic E-state index is 0.0194. The zero-order valence-corrected chi connectivity index (χ0v) is 17.9. The summed E-state index contributed by atoms with van der Waals surface area (Å²) in [6.07, 6.45) is -3.01. The molecule has 2 heterocycles. The lowest BCUT2D eigenvalue weighted by Crippen LogP contribution is -2.19. The van der Waals surface area contributed by atoms with Crippen molar-refractivity contribution < 1.29 is 17.6 Å².